The molecule has 0 amide bonds. The van der Waals surface area contributed by atoms with Gasteiger partial charge in [0.15, 0.2) is 0 Å². The average molecular weight is 293 g/mol. The highest BCUT2D eigenvalue weighted by molar-refractivity contribution is 6.46. The molecule has 0 atom stereocenters. The Morgan fingerprint density at radius 1 is 0.909 bits per heavy atom. The van der Waals surface area contributed by atoms with E-state index in [0.29, 0.717) is 17.7 Å². The van der Waals surface area contributed by atoms with Gasteiger partial charge in [0.25, 0.3) is 0 Å². The summed E-state index contributed by atoms with van der Waals surface area (Å²) >= 11 is 0. The summed E-state index contributed by atoms with van der Waals surface area (Å²) in [7, 11) is 1.70. The molecule has 0 unspecified atom stereocenters. The van der Waals surface area contributed by atoms with Crippen LogP contribution in [0.15, 0.2) is 53.5 Å². The quantitative estimate of drug-likeness (QED) is 0.576. The molecule has 0 fully saturated rings. The number of Topliss-reactive ketones (excluding diaryl/α,β-unsaturated/α-hetero) is 1. The number of nitrogens with zero attached hydrogens (tertiary/aromatic N) is 1. The van der Waals surface area contributed by atoms with Gasteiger partial charge in [-0.2, -0.15) is 0 Å². The fraction of sp³-hybridized carbons (Fsp3) is 0.300. The first kappa shape index (κ1) is 16.2. The maximum absolute atomic E-state index is 12.6. The lowest BCUT2D eigenvalue weighted by atomic mass is 9.96. The van der Waals surface area contributed by atoms with Crippen LogP contribution in [0.5, 0.6) is 0 Å². The molecule has 0 saturated carbocycles. The lowest BCUT2D eigenvalue weighted by Gasteiger charge is -2.09. The van der Waals surface area contributed by atoms with Crippen molar-refractivity contribution < 1.29 is 4.79 Å². The summed E-state index contributed by atoms with van der Waals surface area (Å²) in [5.41, 5.74) is 5.11. The van der Waals surface area contributed by atoms with Crippen molar-refractivity contribution in [3.05, 3.63) is 70.8 Å². The molecule has 0 bridgehead atoms. The van der Waals surface area contributed by atoms with Gasteiger partial charge in [0, 0.05) is 19.0 Å². The van der Waals surface area contributed by atoms with Gasteiger partial charge in [-0.1, -0.05) is 62.4 Å². The topological polar surface area (TPSA) is 29.4 Å². The maximum Gasteiger partial charge on any atom is 0.207 e. The summed E-state index contributed by atoms with van der Waals surface area (Å²) in [4.78, 5) is 16.8. The summed E-state index contributed by atoms with van der Waals surface area (Å²) in [6.45, 7) is 4.31. The smallest absolute Gasteiger partial charge is 0.207 e. The van der Waals surface area contributed by atoms with Gasteiger partial charge < -0.3 is 0 Å². The van der Waals surface area contributed by atoms with Crippen LogP contribution < -0.4 is 0 Å². The van der Waals surface area contributed by atoms with Gasteiger partial charge in [-0.05, 0) is 29.5 Å². The molecular weight excluding hydrogens is 270 g/mol. The van der Waals surface area contributed by atoms with Crippen LogP contribution in [0.25, 0.3) is 0 Å². The molecule has 0 spiro atoms. The van der Waals surface area contributed by atoms with E-state index in [9.17, 15) is 4.79 Å². The van der Waals surface area contributed by atoms with Crippen molar-refractivity contribution in [3.63, 3.8) is 0 Å². The molecule has 2 rings (SSSR count). The summed E-state index contributed by atoms with van der Waals surface area (Å²) in [6.07, 6.45) is 2.60. The van der Waals surface area contributed by atoms with E-state index in [-0.39, 0.29) is 5.78 Å². The second kappa shape index (κ2) is 7.69. The molecule has 0 aliphatic carbocycles. The van der Waals surface area contributed by atoms with Crippen molar-refractivity contribution >= 4 is 11.5 Å². The van der Waals surface area contributed by atoms with Crippen LogP contribution in [0.4, 0.5) is 0 Å². The Morgan fingerprint density at radius 2 is 1.45 bits per heavy atom. The highest BCUT2D eigenvalue weighted by atomic mass is 16.1. The first-order chi connectivity index (χ1) is 10.7. The summed E-state index contributed by atoms with van der Waals surface area (Å²) in [6, 6.07) is 16.0. The fourth-order valence-corrected chi connectivity index (χ4v) is 2.56. The average Bonchev–Trinajstić information content (AvgIpc) is 2.59. The highest BCUT2D eigenvalue weighted by Gasteiger charge is 2.14. The van der Waals surface area contributed by atoms with Crippen molar-refractivity contribution in [2.24, 2.45) is 4.99 Å². The minimum absolute atomic E-state index is 0.0167. The molecule has 0 N–H and O–H groups in total. The van der Waals surface area contributed by atoms with Gasteiger partial charge in [0.1, 0.15) is 0 Å². The molecular formula is C20H23NO. The Bertz CT molecular complexity index is 649. The number of carbonyl (C=O) groups is 1. The zero-order valence-corrected chi connectivity index (χ0v) is 13.6. The Balaban J connectivity index is 2.26. The number of aliphatic imine (C=N–C) groups is 1. The largest absolute Gasteiger partial charge is 0.289 e. The van der Waals surface area contributed by atoms with Crippen LogP contribution in [0.1, 0.15) is 40.9 Å². The van der Waals surface area contributed by atoms with Gasteiger partial charge >= 0.3 is 0 Å². The van der Waals surface area contributed by atoms with E-state index in [4.69, 9.17) is 0 Å². The zero-order chi connectivity index (χ0) is 15.9. The van der Waals surface area contributed by atoms with E-state index in [1.807, 2.05) is 30.3 Å². The van der Waals surface area contributed by atoms with E-state index in [1.54, 1.807) is 7.05 Å². The summed E-state index contributed by atoms with van der Waals surface area (Å²) < 4.78 is 0. The van der Waals surface area contributed by atoms with Crippen molar-refractivity contribution in [1.82, 2.24) is 0 Å². The number of hydrogen-bond acceptors (Lipinski definition) is 2. The molecule has 2 heteroatoms. The van der Waals surface area contributed by atoms with Gasteiger partial charge in [-0.15, -0.1) is 0 Å². The molecule has 114 valence electrons. The lowest BCUT2D eigenvalue weighted by Crippen LogP contribution is -2.17. The molecule has 22 heavy (non-hydrogen) atoms. The molecule has 0 saturated heterocycles. The van der Waals surface area contributed by atoms with Gasteiger partial charge in [-0.3, -0.25) is 9.79 Å². The van der Waals surface area contributed by atoms with E-state index in [0.717, 1.165) is 12.8 Å². The fourth-order valence-electron chi connectivity index (χ4n) is 2.56. The standard InChI is InChI=1S/C20H23NO/c1-4-15-11-16(5-2)13-17(12-15)14-19(21-3)20(22)18-9-7-6-8-10-18/h6-13H,4-5,14H2,1-3H3. The third-order valence-corrected chi connectivity index (χ3v) is 3.87. The molecule has 0 aromatic heterocycles. The second-order valence-corrected chi connectivity index (χ2v) is 5.41. The Hall–Kier alpha value is -2.22. The van der Waals surface area contributed by atoms with Crippen molar-refractivity contribution in [2.45, 2.75) is 33.1 Å². The first-order valence-electron chi connectivity index (χ1n) is 7.85. The number of carbonyl (C=O) groups excluding carboxylic acids is 1. The third-order valence-electron chi connectivity index (χ3n) is 3.87. The Labute approximate surface area is 132 Å². The van der Waals surface area contributed by atoms with Gasteiger partial charge in [-0.25, -0.2) is 0 Å². The summed E-state index contributed by atoms with van der Waals surface area (Å²) in [5.74, 6) is 0.0167. The summed E-state index contributed by atoms with van der Waals surface area (Å²) in [5, 5.41) is 0. The van der Waals surface area contributed by atoms with Crippen LogP contribution in [-0.2, 0) is 19.3 Å². The van der Waals surface area contributed by atoms with Crippen LogP contribution in [0, 0.1) is 0 Å². The van der Waals surface area contributed by atoms with Crippen LogP contribution in [0.2, 0.25) is 0 Å². The van der Waals surface area contributed by atoms with E-state index in [1.165, 1.54) is 16.7 Å². The normalized spacial score (nSPS) is 11.5. The first-order valence-corrected chi connectivity index (χ1v) is 7.85. The second-order valence-electron chi connectivity index (χ2n) is 5.41. The van der Waals surface area contributed by atoms with Gasteiger partial charge in [0.05, 0.1) is 5.71 Å². The Morgan fingerprint density at radius 3 is 1.95 bits per heavy atom. The number of hydrogen-bond donors (Lipinski definition) is 0. The molecule has 0 aliphatic heterocycles. The van der Waals surface area contributed by atoms with E-state index >= 15 is 0 Å². The highest BCUT2D eigenvalue weighted by Crippen LogP contribution is 2.14. The maximum atomic E-state index is 12.6. The van der Waals surface area contributed by atoms with Crippen LogP contribution >= 0.6 is 0 Å². The Kier molecular flexibility index (Phi) is 5.65. The van der Waals surface area contributed by atoms with Crippen molar-refractivity contribution in [1.29, 1.82) is 0 Å². The van der Waals surface area contributed by atoms with E-state index in [2.05, 4.69) is 37.0 Å². The predicted octanol–water partition coefficient (Wildman–Crippen LogP) is 4.31. The molecule has 0 heterocycles. The molecule has 2 aromatic carbocycles. The van der Waals surface area contributed by atoms with Crippen molar-refractivity contribution in [2.75, 3.05) is 7.05 Å². The zero-order valence-electron chi connectivity index (χ0n) is 13.6. The molecule has 0 radical (unpaired) electrons. The van der Waals surface area contributed by atoms with Crippen LogP contribution in [-0.4, -0.2) is 18.5 Å². The SMILES string of the molecule is CCc1cc(CC)cc(CC(=NC)C(=O)c2ccccc2)c1. The number of benzene rings is 2. The number of ketones is 1. The van der Waals surface area contributed by atoms with Crippen molar-refractivity contribution in [3.8, 4) is 0 Å². The molecule has 2 aromatic rings. The minimum atomic E-state index is 0.0167. The third kappa shape index (κ3) is 3.91. The number of rotatable bonds is 6. The van der Waals surface area contributed by atoms with Gasteiger partial charge in [0.2, 0.25) is 5.78 Å². The molecule has 0 aliphatic rings. The van der Waals surface area contributed by atoms with E-state index < -0.39 is 0 Å². The predicted molar refractivity (Wildman–Crippen MR) is 93.0 cm³/mol. The monoisotopic (exact) mass is 293 g/mol. The molecule has 2 nitrogen and oxygen atoms in total. The van der Waals surface area contributed by atoms with Crippen LogP contribution in [0.3, 0.4) is 0 Å². The minimum Gasteiger partial charge on any atom is -0.289 e. The lowest BCUT2D eigenvalue weighted by molar-refractivity contribution is 0.106. The number of aryl methyl sites for hydroxylation is 2.